The fourth-order valence-corrected chi connectivity index (χ4v) is 2.96. The fourth-order valence-electron chi connectivity index (χ4n) is 2.96. The van der Waals surface area contributed by atoms with Crippen LogP contribution in [0.1, 0.15) is 38.2 Å². The number of rotatable bonds is 6. The summed E-state index contributed by atoms with van der Waals surface area (Å²) in [6.45, 7) is 4.45. The monoisotopic (exact) mass is 431 g/mol. The largest absolute Gasteiger partial charge is 0.375 e. The molecule has 2 atom stereocenters. The second kappa shape index (κ2) is 11.7. The van der Waals surface area contributed by atoms with Crippen molar-refractivity contribution >= 4 is 29.9 Å². The van der Waals surface area contributed by atoms with E-state index < -0.39 is 0 Å². The zero-order chi connectivity index (χ0) is 15.6. The highest BCUT2D eigenvalue weighted by molar-refractivity contribution is 14.0. The minimum absolute atomic E-state index is 0. The molecule has 0 heterocycles. The van der Waals surface area contributed by atoms with Crippen molar-refractivity contribution in [2.75, 3.05) is 20.2 Å². The van der Waals surface area contributed by atoms with Gasteiger partial charge in [0, 0.05) is 19.6 Å². The van der Waals surface area contributed by atoms with Gasteiger partial charge in [-0.05, 0) is 24.3 Å². The summed E-state index contributed by atoms with van der Waals surface area (Å²) in [5, 5.41) is 6.86. The highest BCUT2D eigenvalue weighted by Crippen LogP contribution is 2.23. The van der Waals surface area contributed by atoms with Gasteiger partial charge >= 0.3 is 0 Å². The first-order chi connectivity index (χ1) is 10.8. The Balaban J connectivity index is 0.00000264. The lowest BCUT2D eigenvalue weighted by molar-refractivity contribution is 0.125. The van der Waals surface area contributed by atoms with Gasteiger partial charge in [-0.1, -0.05) is 50.1 Å². The highest BCUT2D eigenvalue weighted by atomic mass is 127. The van der Waals surface area contributed by atoms with Gasteiger partial charge in [-0.3, -0.25) is 4.99 Å². The molecule has 23 heavy (non-hydrogen) atoms. The van der Waals surface area contributed by atoms with Crippen LogP contribution in [0.15, 0.2) is 35.3 Å². The van der Waals surface area contributed by atoms with E-state index in [9.17, 15) is 0 Å². The standard InChI is InChI=1S/C18H29N3O.HI/c1-15-7-6-10-17(13-15)21-18(19-2)20-11-12-22-14-16-8-4-3-5-9-16;/h3-5,8-9,15,17H,6-7,10-14H2,1-2H3,(H2,19,20,21);1H. The third-order valence-corrected chi connectivity index (χ3v) is 4.15. The zero-order valence-electron chi connectivity index (χ0n) is 14.3. The predicted molar refractivity (Wildman–Crippen MR) is 107 cm³/mol. The lowest BCUT2D eigenvalue weighted by Gasteiger charge is -2.28. The third kappa shape index (κ3) is 8.01. The molecule has 0 saturated heterocycles. The van der Waals surface area contributed by atoms with Crippen molar-refractivity contribution in [3.05, 3.63) is 35.9 Å². The van der Waals surface area contributed by atoms with Crippen LogP contribution >= 0.6 is 24.0 Å². The van der Waals surface area contributed by atoms with Gasteiger partial charge in [0.2, 0.25) is 0 Å². The van der Waals surface area contributed by atoms with Crippen molar-refractivity contribution in [2.45, 2.75) is 45.3 Å². The Labute approximate surface area is 157 Å². The van der Waals surface area contributed by atoms with Gasteiger partial charge in [-0.25, -0.2) is 0 Å². The molecule has 1 aliphatic carbocycles. The Kier molecular flexibility index (Phi) is 10.3. The second-order valence-corrected chi connectivity index (χ2v) is 6.15. The molecule has 1 aromatic rings. The van der Waals surface area contributed by atoms with Crippen molar-refractivity contribution in [3.63, 3.8) is 0 Å². The quantitative estimate of drug-likeness (QED) is 0.313. The smallest absolute Gasteiger partial charge is 0.191 e. The molecule has 1 saturated carbocycles. The molecule has 1 aliphatic rings. The number of nitrogens with zero attached hydrogens (tertiary/aromatic N) is 1. The Morgan fingerprint density at radius 2 is 2.04 bits per heavy atom. The molecule has 0 amide bonds. The van der Waals surface area contributed by atoms with Crippen LogP contribution in [-0.2, 0) is 11.3 Å². The normalized spacial score (nSPS) is 21.4. The second-order valence-electron chi connectivity index (χ2n) is 6.15. The van der Waals surface area contributed by atoms with Gasteiger partial charge in [0.15, 0.2) is 5.96 Å². The van der Waals surface area contributed by atoms with Crippen LogP contribution in [-0.4, -0.2) is 32.2 Å². The SMILES string of the molecule is CN=C(NCCOCc1ccccc1)NC1CCCC(C)C1.I. The molecule has 2 rings (SSSR count). The number of halogens is 1. The number of hydrogen-bond acceptors (Lipinski definition) is 2. The maximum Gasteiger partial charge on any atom is 0.191 e. The van der Waals surface area contributed by atoms with E-state index in [1.54, 1.807) is 0 Å². The maximum absolute atomic E-state index is 5.68. The summed E-state index contributed by atoms with van der Waals surface area (Å²) in [5.74, 6) is 1.71. The lowest BCUT2D eigenvalue weighted by atomic mass is 9.87. The Morgan fingerprint density at radius 3 is 2.74 bits per heavy atom. The van der Waals surface area contributed by atoms with Crippen molar-refractivity contribution in [1.82, 2.24) is 10.6 Å². The van der Waals surface area contributed by atoms with Gasteiger partial charge in [-0.2, -0.15) is 0 Å². The van der Waals surface area contributed by atoms with E-state index in [1.807, 2.05) is 25.2 Å². The van der Waals surface area contributed by atoms with Crippen molar-refractivity contribution in [2.24, 2.45) is 10.9 Å². The van der Waals surface area contributed by atoms with E-state index in [4.69, 9.17) is 4.74 Å². The molecule has 0 bridgehead atoms. The molecule has 2 unspecified atom stereocenters. The molecule has 0 aliphatic heterocycles. The highest BCUT2D eigenvalue weighted by Gasteiger charge is 2.19. The van der Waals surface area contributed by atoms with Crippen molar-refractivity contribution in [1.29, 1.82) is 0 Å². The summed E-state index contributed by atoms with van der Waals surface area (Å²) in [5.41, 5.74) is 1.21. The van der Waals surface area contributed by atoms with Crippen LogP contribution in [0, 0.1) is 5.92 Å². The first kappa shape index (κ1) is 20.2. The van der Waals surface area contributed by atoms with Crippen molar-refractivity contribution in [3.8, 4) is 0 Å². The third-order valence-electron chi connectivity index (χ3n) is 4.15. The fraction of sp³-hybridized carbons (Fsp3) is 0.611. The average Bonchev–Trinajstić information content (AvgIpc) is 2.54. The Bertz CT molecular complexity index is 453. The number of guanidine groups is 1. The van der Waals surface area contributed by atoms with Crippen LogP contribution in [0.4, 0.5) is 0 Å². The first-order valence-corrected chi connectivity index (χ1v) is 8.36. The molecule has 0 spiro atoms. The van der Waals surface area contributed by atoms with Crippen LogP contribution < -0.4 is 10.6 Å². The van der Waals surface area contributed by atoms with E-state index in [0.717, 1.165) is 18.4 Å². The number of nitrogens with one attached hydrogen (secondary N) is 2. The summed E-state index contributed by atoms with van der Waals surface area (Å²) >= 11 is 0. The van der Waals surface area contributed by atoms with Gasteiger partial charge < -0.3 is 15.4 Å². The molecule has 1 fully saturated rings. The molecular formula is C18H30IN3O. The zero-order valence-corrected chi connectivity index (χ0v) is 16.6. The molecule has 2 N–H and O–H groups in total. The van der Waals surface area contributed by atoms with Gasteiger partial charge in [0.1, 0.15) is 0 Å². The number of benzene rings is 1. The summed E-state index contributed by atoms with van der Waals surface area (Å²) < 4.78 is 5.68. The van der Waals surface area contributed by atoms with E-state index in [2.05, 4.69) is 34.7 Å². The minimum Gasteiger partial charge on any atom is -0.375 e. The number of aliphatic imine (C=N–C) groups is 1. The summed E-state index contributed by atoms with van der Waals surface area (Å²) in [6, 6.07) is 10.8. The van der Waals surface area contributed by atoms with Crippen LogP contribution in [0.2, 0.25) is 0 Å². The van der Waals surface area contributed by atoms with E-state index >= 15 is 0 Å². The Morgan fingerprint density at radius 1 is 1.26 bits per heavy atom. The maximum atomic E-state index is 5.68. The molecule has 130 valence electrons. The van der Waals surface area contributed by atoms with Gasteiger partial charge in [0.25, 0.3) is 0 Å². The van der Waals surface area contributed by atoms with Gasteiger partial charge in [-0.15, -0.1) is 24.0 Å². The first-order valence-electron chi connectivity index (χ1n) is 8.36. The number of ether oxygens (including phenoxy) is 1. The topological polar surface area (TPSA) is 45.7 Å². The molecule has 0 radical (unpaired) electrons. The number of hydrogen-bond donors (Lipinski definition) is 2. The van der Waals surface area contributed by atoms with E-state index in [0.29, 0.717) is 19.3 Å². The van der Waals surface area contributed by atoms with E-state index in [1.165, 1.54) is 31.2 Å². The predicted octanol–water partition coefficient (Wildman–Crippen LogP) is 3.56. The molecular weight excluding hydrogens is 401 g/mol. The van der Waals surface area contributed by atoms with Crippen LogP contribution in [0.5, 0.6) is 0 Å². The molecule has 4 nitrogen and oxygen atoms in total. The molecule has 0 aromatic heterocycles. The van der Waals surface area contributed by atoms with Gasteiger partial charge in [0.05, 0.1) is 13.2 Å². The summed E-state index contributed by atoms with van der Waals surface area (Å²) in [7, 11) is 1.83. The lowest BCUT2D eigenvalue weighted by Crippen LogP contribution is -2.45. The Hall–Kier alpha value is -0.820. The van der Waals surface area contributed by atoms with Crippen molar-refractivity contribution < 1.29 is 4.74 Å². The summed E-state index contributed by atoms with van der Waals surface area (Å²) in [4.78, 5) is 4.30. The summed E-state index contributed by atoms with van der Waals surface area (Å²) in [6.07, 6.45) is 5.16. The average molecular weight is 431 g/mol. The van der Waals surface area contributed by atoms with Crippen LogP contribution in [0.25, 0.3) is 0 Å². The van der Waals surface area contributed by atoms with Crippen LogP contribution in [0.3, 0.4) is 0 Å². The van der Waals surface area contributed by atoms with E-state index in [-0.39, 0.29) is 24.0 Å². The molecule has 5 heteroatoms. The minimum atomic E-state index is 0. The molecule has 1 aromatic carbocycles.